The van der Waals surface area contributed by atoms with Crippen LogP contribution in [0.25, 0.3) is 0 Å². The van der Waals surface area contributed by atoms with Gasteiger partial charge in [-0.1, -0.05) is 26.7 Å². The molecule has 8 nitrogen and oxygen atoms in total. The summed E-state index contributed by atoms with van der Waals surface area (Å²) in [7, 11) is -1.63. The molecule has 0 radical (unpaired) electrons. The fraction of sp³-hybridized carbons (Fsp3) is 0.722. The van der Waals surface area contributed by atoms with Gasteiger partial charge in [-0.2, -0.15) is 0 Å². The minimum Gasteiger partial charge on any atom is -0.426 e. The lowest BCUT2D eigenvalue weighted by atomic mass is 9.75. The van der Waals surface area contributed by atoms with E-state index in [1.54, 1.807) is 6.20 Å². The quantitative estimate of drug-likeness (QED) is 0.421. The van der Waals surface area contributed by atoms with Crippen molar-refractivity contribution < 1.29 is 19.6 Å². The molecule has 3 rings (SSSR count). The van der Waals surface area contributed by atoms with Crippen molar-refractivity contribution in [1.82, 2.24) is 15.6 Å². The van der Waals surface area contributed by atoms with Crippen LogP contribution in [0.4, 0.5) is 5.13 Å². The molecule has 2 heterocycles. The van der Waals surface area contributed by atoms with Crippen LogP contribution in [0, 0.1) is 11.8 Å². The van der Waals surface area contributed by atoms with Gasteiger partial charge < -0.3 is 25.6 Å². The Balaban J connectivity index is 1.61. The maximum Gasteiger partial charge on any atom is 0.475 e. The monoisotopic (exact) mass is 408 g/mol. The van der Waals surface area contributed by atoms with Gasteiger partial charge >= 0.3 is 7.12 Å². The van der Waals surface area contributed by atoms with Gasteiger partial charge in [0.25, 0.3) is 0 Å². The molecule has 0 bridgehead atoms. The normalized spacial score (nSPS) is 21.0. The number of hydrogen-bond donors (Lipinski definition) is 4. The van der Waals surface area contributed by atoms with E-state index in [1.165, 1.54) is 11.3 Å². The van der Waals surface area contributed by atoms with Crippen LogP contribution in [0.5, 0.6) is 0 Å². The molecule has 2 amide bonds. The number of aromatic nitrogens is 1. The molecule has 1 aromatic rings. The molecule has 28 heavy (non-hydrogen) atoms. The van der Waals surface area contributed by atoms with Gasteiger partial charge in [0, 0.05) is 18.1 Å². The molecule has 0 aromatic carbocycles. The minimum absolute atomic E-state index is 0.174. The Kier molecular flexibility index (Phi) is 6.95. The zero-order valence-corrected chi connectivity index (χ0v) is 17.2. The number of nitrogens with zero attached hydrogens (tertiary/aromatic N) is 2. The van der Waals surface area contributed by atoms with E-state index in [4.69, 9.17) is 0 Å². The predicted molar refractivity (Wildman–Crippen MR) is 109 cm³/mol. The van der Waals surface area contributed by atoms with Gasteiger partial charge in [0.2, 0.25) is 11.8 Å². The number of anilines is 1. The van der Waals surface area contributed by atoms with Gasteiger partial charge in [-0.05, 0) is 31.1 Å². The maximum atomic E-state index is 12.8. The summed E-state index contributed by atoms with van der Waals surface area (Å²) in [6.45, 7) is 4.68. The number of thiazole rings is 1. The van der Waals surface area contributed by atoms with E-state index in [2.05, 4.69) is 15.6 Å². The van der Waals surface area contributed by atoms with Crippen LogP contribution in [-0.2, 0) is 9.59 Å². The lowest BCUT2D eigenvalue weighted by molar-refractivity contribution is -0.130. The number of hydrogen-bond acceptors (Lipinski definition) is 7. The average Bonchev–Trinajstić information content (AvgIpc) is 3.24. The first kappa shape index (κ1) is 21.1. The van der Waals surface area contributed by atoms with Crippen LogP contribution in [0.1, 0.15) is 46.0 Å². The number of amides is 2. The van der Waals surface area contributed by atoms with E-state index in [-0.39, 0.29) is 23.8 Å². The largest absolute Gasteiger partial charge is 0.475 e. The molecule has 2 aliphatic rings. The smallest absolute Gasteiger partial charge is 0.426 e. The lowest BCUT2D eigenvalue weighted by Gasteiger charge is -2.40. The van der Waals surface area contributed by atoms with Crippen molar-refractivity contribution in [2.24, 2.45) is 11.8 Å². The highest BCUT2D eigenvalue weighted by Gasteiger charge is 2.39. The van der Waals surface area contributed by atoms with E-state index in [9.17, 15) is 19.6 Å². The van der Waals surface area contributed by atoms with Gasteiger partial charge in [0.15, 0.2) is 5.13 Å². The fourth-order valence-corrected chi connectivity index (χ4v) is 4.20. The Morgan fingerprint density at radius 2 is 2.07 bits per heavy atom. The molecule has 0 unspecified atom stereocenters. The highest BCUT2D eigenvalue weighted by atomic mass is 32.1. The molecule has 154 valence electrons. The van der Waals surface area contributed by atoms with Crippen molar-refractivity contribution in [3.8, 4) is 0 Å². The third kappa shape index (κ3) is 5.45. The van der Waals surface area contributed by atoms with Crippen LogP contribution in [0.2, 0.25) is 0 Å². The lowest BCUT2D eigenvalue weighted by Crippen LogP contribution is -2.61. The van der Waals surface area contributed by atoms with Crippen LogP contribution >= 0.6 is 11.3 Å². The number of carbonyl (C=O) groups is 2. The number of nitrogens with one attached hydrogen (secondary N) is 2. The van der Waals surface area contributed by atoms with E-state index in [0.29, 0.717) is 18.8 Å². The van der Waals surface area contributed by atoms with E-state index < -0.39 is 19.1 Å². The molecule has 3 atom stereocenters. The molecule has 1 saturated carbocycles. The molecule has 4 N–H and O–H groups in total. The molecule has 0 spiro atoms. The first-order chi connectivity index (χ1) is 13.3. The number of carbonyl (C=O) groups excluding carboxylic acids is 2. The summed E-state index contributed by atoms with van der Waals surface area (Å²) in [5.74, 6) is -0.631. The third-order valence-corrected chi connectivity index (χ3v) is 6.11. The second-order valence-electron chi connectivity index (χ2n) is 8.21. The molecule has 1 aromatic heterocycles. The van der Waals surface area contributed by atoms with Crippen molar-refractivity contribution in [3.05, 3.63) is 11.6 Å². The average molecular weight is 408 g/mol. The Labute approximate surface area is 169 Å². The zero-order chi connectivity index (χ0) is 20.3. The molecular formula is C18H29BN4O4S. The van der Waals surface area contributed by atoms with Crippen molar-refractivity contribution in [2.45, 2.75) is 64.0 Å². The van der Waals surface area contributed by atoms with Crippen molar-refractivity contribution in [1.29, 1.82) is 0 Å². The van der Waals surface area contributed by atoms with Crippen LogP contribution in [-0.4, -0.2) is 58.5 Å². The summed E-state index contributed by atoms with van der Waals surface area (Å²) < 4.78 is 0. The third-order valence-electron chi connectivity index (χ3n) is 5.30. The molecular weight excluding hydrogens is 379 g/mol. The van der Waals surface area contributed by atoms with E-state index in [0.717, 1.165) is 30.9 Å². The topological polar surface area (TPSA) is 115 Å². The number of rotatable bonds is 10. The zero-order valence-electron chi connectivity index (χ0n) is 16.4. The molecule has 1 aliphatic heterocycles. The van der Waals surface area contributed by atoms with Crippen LogP contribution in [0.3, 0.4) is 0 Å². The van der Waals surface area contributed by atoms with Crippen molar-refractivity contribution >= 4 is 35.4 Å². The Hall–Kier alpha value is -1.65. The standard InChI is InChI=1S/C18H29BN4O4S/c1-11(2)9-15(19(26)27)22-16(24)13(10-12-3-4-12)21-17(25)14-5-7-23(14)18-20-6-8-28-18/h6,8,11-15,26-27H,3-5,7,9-10H2,1-2H3,(H,21,25)(H,22,24)/t13-,14-,15-/m0/s1. The second kappa shape index (κ2) is 9.24. The Morgan fingerprint density at radius 1 is 1.32 bits per heavy atom. The van der Waals surface area contributed by atoms with Crippen LogP contribution < -0.4 is 15.5 Å². The van der Waals surface area contributed by atoms with Gasteiger partial charge in [-0.25, -0.2) is 4.98 Å². The van der Waals surface area contributed by atoms with Gasteiger partial charge in [-0.15, -0.1) is 11.3 Å². The summed E-state index contributed by atoms with van der Waals surface area (Å²) in [6.07, 6.45) is 5.60. The SMILES string of the molecule is CC(C)C[C@H](NC(=O)[C@H](CC1CC1)NC(=O)[C@@H]1CCN1c1nccs1)B(O)O. The molecule has 10 heteroatoms. The van der Waals surface area contributed by atoms with Crippen LogP contribution in [0.15, 0.2) is 11.6 Å². The summed E-state index contributed by atoms with van der Waals surface area (Å²) in [6, 6.07) is -0.970. The summed E-state index contributed by atoms with van der Waals surface area (Å²) >= 11 is 1.49. The minimum atomic E-state index is -1.63. The molecule has 2 fully saturated rings. The van der Waals surface area contributed by atoms with Crippen molar-refractivity contribution in [3.63, 3.8) is 0 Å². The molecule has 1 aliphatic carbocycles. The highest BCUT2D eigenvalue weighted by molar-refractivity contribution is 7.13. The van der Waals surface area contributed by atoms with E-state index in [1.807, 2.05) is 24.1 Å². The summed E-state index contributed by atoms with van der Waals surface area (Å²) in [5.41, 5.74) is 0. The maximum absolute atomic E-state index is 12.8. The van der Waals surface area contributed by atoms with Gasteiger partial charge in [-0.3, -0.25) is 9.59 Å². The van der Waals surface area contributed by atoms with Gasteiger partial charge in [0.1, 0.15) is 12.1 Å². The Bertz CT molecular complexity index is 669. The van der Waals surface area contributed by atoms with E-state index >= 15 is 0 Å². The molecule has 1 saturated heterocycles. The summed E-state index contributed by atoms with van der Waals surface area (Å²) in [4.78, 5) is 31.8. The first-order valence-corrected chi connectivity index (χ1v) is 10.9. The van der Waals surface area contributed by atoms with Crippen molar-refractivity contribution in [2.75, 3.05) is 11.4 Å². The fourth-order valence-electron chi connectivity index (χ4n) is 3.48. The summed E-state index contributed by atoms with van der Waals surface area (Å²) in [5, 5.41) is 27.5. The first-order valence-electron chi connectivity index (χ1n) is 9.98. The van der Waals surface area contributed by atoms with Gasteiger partial charge in [0.05, 0.1) is 5.94 Å². The second-order valence-corrected chi connectivity index (χ2v) is 9.08. The Morgan fingerprint density at radius 3 is 2.57 bits per heavy atom. The highest BCUT2D eigenvalue weighted by Crippen LogP contribution is 2.34. The predicted octanol–water partition coefficient (Wildman–Crippen LogP) is 0.550.